The van der Waals surface area contributed by atoms with E-state index in [0.29, 0.717) is 19.6 Å². The standard InChI is InChI=1S/C30H36ClN3O2/c1-23-9-7-15-32-28(23)20-34-16-8-14-30(21-34,22-36-26-12-13-27(31)24(2)17-26)18-29(35)33(3)19-25-10-5-4-6-11-25/h4-7,9-13,15,17H,8,14,16,18-22H2,1-3H3/t30-/m0/s1. The van der Waals surface area contributed by atoms with Crippen molar-refractivity contribution in [3.63, 3.8) is 0 Å². The smallest absolute Gasteiger partial charge is 0.223 e. The molecular weight excluding hydrogens is 470 g/mol. The largest absolute Gasteiger partial charge is 0.493 e. The maximum absolute atomic E-state index is 13.5. The number of likely N-dealkylation sites (tertiary alicyclic amines) is 1. The maximum atomic E-state index is 13.5. The summed E-state index contributed by atoms with van der Waals surface area (Å²) in [4.78, 5) is 22.3. The lowest BCUT2D eigenvalue weighted by molar-refractivity contribution is -0.135. The molecule has 0 N–H and O–H groups in total. The molecule has 5 nitrogen and oxygen atoms in total. The Kier molecular flexibility index (Phi) is 8.65. The zero-order valence-electron chi connectivity index (χ0n) is 21.5. The zero-order valence-corrected chi connectivity index (χ0v) is 22.3. The number of halogens is 1. The Labute approximate surface area is 220 Å². The fourth-order valence-electron chi connectivity index (χ4n) is 5.00. The van der Waals surface area contributed by atoms with Crippen LogP contribution >= 0.6 is 11.6 Å². The van der Waals surface area contributed by atoms with Gasteiger partial charge in [-0.15, -0.1) is 0 Å². The van der Waals surface area contributed by atoms with Crippen molar-refractivity contribution < 1.29 is 9.53 Å². The van der Waals surface area contributed by atoms with Crippen LogP contribution in [0.1, 0.15) is 41.6 Å². The van der Waals surface area contributed by atoms with Crippen molar-refractivity contribution in [3.8, 4) is 5.75 Å². The van der Waals surface area contributed by atoms with Crippen molar-refractivity contribution in [2.75, 3.05) is 26.7 Å². The lowest BCUT2D eigenvalue weighted by atomic mass is 9.77. The van der Waals surface area contributed by atoms with E-state index in [2.05, 4.69) is 35.0 Å². The van der Waals surface area contributed by atoms with Crippen LogP contribution in [0, 0.1) is 19.3 Å². The topological polar surface area (TPSA) is 45.7 Å². The Morgan fingerprint density at radius 2 is 1.92 bits per heavy atom. The third kappa shape index (κ3) is 6.86. The second kappa shape index (κ2) is 11.9. The van der Waals surface area contributed by atoms with Crippen LogP contribution < -0.4 is 4.74 Å². The summed E-state index contributed by atoms with van der Waals surface area (Å²) in [5.41, 5.74) is 4.12. The van der Waals surface area contributed by atoms with Gasteiger partial charge in [0.05, 0.1) is 12.3 Å². The average molecular weight is 506 g/mol. The Morgan fingerprint density at radius 3 is 2.67 bits per heavy atom. The van der Waals surface area contributed by atoms with Gasteiger partial charge >= 0.3 is 0 Å². The number of hydrogen-bond acceptors (Lipinski definition) is 4. The third-order valence-electron chi connectivity index (χ3n) is 7.12. The van der Waals surface area contributed by atoms with Crippen LogP contribution in [0.15, 0.2) is 66.9 Å². The molecule has 1 aliphatic heterocycles. The minimum Gasteiger partial charge on any atom is -0.493 e. The van der Waals surface area contributed by atoms with Gasteiger partial charge in [-0.25, -0.2) is 0 Å². The summed E-state index contributed by atoms with van der Waals surface area (Å²) in [6, 6.07) is 20.0. The van der Waals surface area contributed by atoms with Crippen LogP contribution in [0.4, 0.5) is 0 Å². The highest BCUT2D eigenvalue weighted by Crippen LogP contribution is 2.36. The fourth-order valence-corrected chi connectivity index (χ4v) is 5.12. The molecule has 0 radical (unpaired) electrons. The summed E-state index contributed by atoms with van der Waals surface area (Å²) in [7, 11) is 1.89. The molecule has 1 amide bonds. The van der Waals surface area contributed by atoms with Gasteiger partial charge < -0.3 is 9.64 Å². The molecule has 0 bridgehead atoms. The van der Waals surface area contributed by atoms with Gasteiger partial charge in [0, 0.05) is 49.7 Å². The highest BCUT2D eigenvalue weighted by atomic mass is 35.5. The first-order chi connectivity index (χ1) is 17.3. The Balaban J connectivity index is 1.51. The number of rotatable bonds is 9. The van der Waals surface area contributed by atoms with E-state index < -0.39 is 0 Å². The van der Waals surface area contributed by atoms with Crippen molar-refractivity contribution in [2.45, 2.75) is 46.2 Å². The van der Waals surface area contributed by atoms with E-state index >= 15 is 0 Å². The quantitative estimate of drug-likeness (QED) is 0.354. The van der Waals surface area contributed by atoms with Gasteiger partial charge in [-0.05, 0) is 74.2 Å². The number of pyridine rings is 1. The second-order valence-corrected chi connectivity index (χ2v) is 10.6. The Hall–Kier alpha value is -2.89. The van der Waals surface area contributed by atoms with Crippen molar-refractivity contribution in [3.05, 3.63) is 94.3 Å². The molecule has 3 aromatic rings. The minimum atomic E-state index is -0.281. The number of piperidine rings is 1. The summed E-state index contributed by atoms with van der Waals surface area (Å²) >= 11 is 6.22. The average Bonchev–Trinajstić information content (AvgIpc) is 2.87. The lowest BCUT2D eigenvalue weighted by Crippen LogP contribution is -2.48. The van der Waals surface area contributed by atoms with E-state index in [9.17, 15) is 4.79 Å². The van der Waals surface area contributed by atoms with Crippen LogP contribution in [0.3, 0.4) is 0 Å². The molecule has 0 unspecified atom stereocenters. The number of aryl methyl sites for hydroxylation is 2. The predicted octanol–water partition coefficient (Wildman–Crippen LogP) is 6.06. The van der Waals surface area contributed by atoms with Crippen LogP contribution in [-0.2, 0) is 17.9 Å². The molecule has 36 heavy (non-hydrogen) atoms. The van der Waals surface area contributed by atoms with Gasteiger partial charge in [0.15, 0.2) is 0 Å². The van der Waals surface area contributed by atoms with Crippen LogP contribution in [0.5, 0.6) is 5.75 Å². The molecule has 190 valence electrons. The molecule has 6 heteroatoms. The molecule has 1 saturated heterocycles. The van der Waals surface area contributed by atoms with Gasteiger partial charge in [-0.3, -0.25) is 14.7 Å². The molecule has 1 aliphatic rings. The van der Waals surface area contributed by atoms with E-state index in [1.54, 1.807) is 0 Å². The molecular formula is C30H36ClN3O2. The third-order valence-corrected chi connectivity index (χ3v) is 7.54. The van der Waals surface area contributed by atoms with Crippen LogP contribution in [0.2, 0.25) is 5.02 Å². The van der Waals surface area contributed by atoms with E-state index in [0.717, 1.165) is 60.1 Å². The van der Waals surface area contributed by atoms with Gasteiger partial charge in [0.2, 0.25) is 5.91 Å². The predicted molar refractivity (Wildman–Crippen MR) is 145 cm³/mol. The summed E-state index contributed by atoms with van der Waals surface area (Å²) in [5, 5.41) is 0.726. The van der Waals surface area contributed by atoms with Gasteiger partial charge in [-0.1, -0.05) is 48.0 Å². The van der Waals surface area contributed by atoms with Gasteiger partial charge in [0.25, 0.3) is 0 Å². The number of nitrogens with zero attached hydrogens (tertiary/aromatic N) is 3. The molecule has 4 rings (SSSR count). The molecule has 0 saturated carbocycles. The number of carbonyl (C=O) groups is 1. The van der Waals surface area contributed by atoms with Crippen LogP contribution in [0.25, 0.3) is 0 Å². The van der Waals surface area contributed by atoms with Crippen molar-refractivity contribution in [2.24, 2.45) is 5.41 Å². The molecule has 2 heterocycles. The molecule has 2 aromatic carbocycles. The number of amides is 1. The summed E-state index contributed by atoms with van der Waals surface area (Å²) in [5.74, 6) is 0.935. The minimum absolute atomic E-state index is 0.144. The van der Waals surface area contributed by atoms with E-state index in [1.165, 1.54) is 5.56 Å². The SMILES string of the molecule is Cc1cc(OC[C@]2(CC(=O)N(C)Cc3ccccc3)CCCN(Cc3ncccc3C)C2)ccc1Cl. The Bertz CT molecular complexity index is 1170. The monoisotopic (exact) mass is 505 g/mol. The normalized spacial score (nSPS) is 18.1. The Morgan fingerprint density at radius 1 is 1.11 bits per heavy atom. The number of carbonyl (C=O) groups excluding carboxylic acids is 1. The lowest BCUT2D eigenvalue weighted by Gasteiger charge is -2.43. The first-order valence-electron chi connectivity index (χ1n) is 12.6. The first kappa shape index (κ1) is 26.2. The van der Waals surface area contributed by atoms with E-state index in [1.807, 2.05) is 67.5 Å². The number of benzene rings is 2. The number of aromatic nitrogens is 1. The van der Waals surface area contributed by atoms with E-state index in [-0.39, 0.29) is 11.3 Å². The molecule has 1 atom stereocenters. The summed E-state index contributed by atoms with van der Waals surface area (Å²) in [6.07, 6.45) is 4.26. The summed E-state index contributed by atoms with van der Waals surface area (Å²) < 4.78 is 6.33. The maximum Gasteiger partial charge on any atom is 0.223 e. The molecule has 0 spiro atoms. The van der Waals surface area contributed by atoms with Crippen molar-refractivity contribution in [1.29, 1.82) is 0 Å². The summed E-state index contributed by atoms with van der Waals surface area (Å²) in [6.45, 7) is 7.73. The highest BCUT2D eigenvalue weighted by molar-refractivity contribution is 6.31. The molecule has 0 aliphatic carbocycles. The highest BCUT2D eigenvalue weighted by Gasteiger charge is 2.39. The van der Waals surface area contributed by atoms with E-state index in [4.69, 9.17) is 16.3 Å². The van der Waals surface area contributed by atoms with Gasteiger partial charge in [0.1, 0.15) is 5.75 Å². The zero-order chi connectivity index (χ0) is 25.5. The number of ether oxygens (including phenoxy) is 1. The fraction of sp³-hybridized carbons (Fsp3) is 0.400. The van der Waals surface area contributed by atoms with Crippen molar-refractivity contribution in [1.82, 2.24) is 14.8 Å². The number of hydrogen-bond donors (Lipinski definition) is 0. The molecule has 1 aromatic heterocycles. The van der Waals surface area contributed by atoms with Gasteiger partial charge in [-0.2, -0.15) is 0 Å². The van der Waals surface area contributed by atoms with Crippen molar-refractivity contribution >= 4 is 17.5 Å². The molecule has 1 fully saturated rings. The van der Waals surface area contributed by atoms with Crippen LogP contribution in [-0.4, -0.2) is 47.4 Å². The second-order valence-electron chi connectivity index (χ2n) is 10.2. The first-order valence-corrected chi connectivity index (χ1v) is 13.0.